The Morgan fingerprint density at radius 2 is 2.10 bits per heavy atom. The Labute approximate surface area is 118 Å². The number of ether oxygens (including phenoxy) is 1. The highest BCUT2D eigenvalue weighted by Gasteiger charge is 2.41. The van der Waals surface area contributed by atoms with Crippen LogP contribution < -0.4 is 5.73 Å². The summed E-state index contributed by atoms with van der Waals surface area (Å²) in [5.41, 5.74) is 6.01. The number of nitrogen functional groups attached to an aromatic ring is 1. The highest BCUT2D eigenvalue weighted by Crippen LogP contribution is 2.29. The van der Waals surface area contributed by atoms with Gasteiger partial charge in [-0.25, -0.2) is 8.42 Å². The standard InChI is InChI=1S/C13H18N2O4S/c1-9-7-15(8-12(9)13(16)19-2)20(17,18)11-5-3-4-10(14)6-11/h3-6,9,12H,7-8,14H2,1-2H3. The van der Waals surface area contributed by atoms with Crippen molar-refractivity contribution in [1.82, 2.24) is 4.31 Å². The van der Waals surface area contributed by atoms with Gasteiger partial charge in [-0.3, -0.25) is 4.79 Å². The summed E-state index contributed by atoms with van der Waals surface area (Å²) in [5.74, 6) is -0.864. The van der Waals surface area contributed by atoms with Crippen LogP contribution in [0.4, 0.5) is 5.69 Å². The van der Waals surface area contributed by atoms with Gasteiger partial charge < -0.3 is 10.5 Å². The number of benzene rings is 1. The molecule has 0 aliphatic carbocycles. The second-order valence-electron chi connectivity index (χ2n) is 5.00. The van der Waals surface area contributed by atoms with Crippen LogP contribution in [-0.2, 0) is 19.6 Å². The fraction of sp³-hybridized carbons (Fsp3) is 0.462. The maximum atomic E-state index is 12.5. The third kappa shape index (κ3) is 2.64. The molecule has 2 N–H and O–H groups in total. The molecule has 0 amide bonds. The van der Waals surface area contributed by atoms with Crippen LogP contribution in [0.3, 0.4) is 0 Å². The molecule has 1 aromatic rings. The molecule has 1 aliphatic heterocycles. The summed E-state index contributed by atoms with van der Waals surface area (Å²) in [4.78, 5) is 11.8. The first-order valence-corrected chi connectivity index (χ1v) is 7.73. The third-order valence-electron chi connectivity index (χ3n) is 3.58. The van der Waals surface area contributed by atoms with Crippen LogP contribution in [0.15, 0.2) is 29.2 Å². The van der Waals surface area contributed by atoms with E-state index in [1.165, 1.54) is 23.5 Å². The molecule has 1 fully saturated rings. The second-order valence-corrected chi connectivity index (χ2v) is 6.94. The molecular formula is C13H18N2O4S. The normalized spacial score (nSPS) is 23.7. The van der Waals surface area contributed by atoms with E-state index in [9.17, 15) is 13.2 Å². The first-order chi connectivity index (χ1) is 9.36. The molecule has 0 saturated carbocycles. The fourth-order valence-electron chi connectivity index (χ4n) is 2.40. The first-order valence-electron chi connectivity index (χ1n) is 6.29. The first kappa shape index (κ1) is 14.8. The zero-order chi connectivity index (χ0) is 14.9. The summed E-state index contributed by atoms with van der Waals surface area (Å²) in [5, 5.41) is 0. The molecule has 2 unspecified atom stereocenters. The van der Waals surface area contributed by atoms with Crippen molar-refractivity contribution in [2.75, 3.05) is 25.9 Å². The van der Waals surface area contributed by atoms with Crippen molar-refractivity contribution in [2.24, 2.45) is 11.8 Å². The largest absolute Gasteiger partial charge is 0.469 e. The van der Waals surface area contributed by atoms with E-state index in [1.54, 1.807) is 12.1 Å². The van der Waals surface area contributed by atoms with Crippen molar-refractivity contribution in [1.29, 1.82) is 0 Å². The highest BCUT2D eigenvalue weighted by atomic mass is 32.2. The lowest BCUT2D eigenvalue weighted by molar-refractivity contribution is -0.145. The van der Waals surface area contributed by atoms with E-state index < -0.39 is 15.9 Å². The van der Waals surface area contributed by atoms with Crippen LogP contribution >= 0.6 is 0 Å². The lowest BCUT2D eigenvalue weighted by Crippen LogP contribution is -2.30. The maximum Gasteiger partial charge on any atom is 0.310 e. The summed E-state index contributed by atoms with van der Waals surface area (Å²) in [6.45, 7) is 2.29. The number of carbonyl (C=O) groups is 1. The van der Waals surface area contributed by atoms with E-state index in [0.29, 0.717) is 12.2 Å². The van der Waals surface area contributed by atoms with Crippen molar-refractivity contribution in [3.63, 3.8) is 0 Å². The molecule has 1 saturated heterocycles. The number of sulfonamides is 1. The Morgan fingerprint density at radius 3 is 2.70 bits per heavy atom. The van der Waals surface area contributed by atoms with E-state index in [2.05, 4.69) is 0 Å². The number of carbonyl (C=O) groups excluding carboxylic acids is 1. The molecule has 0 spiro atoms. The summed E-state index contributed by atoms with van der Waals surface area (Å²) >= 11 is 0. The van der Waals surface area contributed by atoms with Crippen LogP contribution in [0.5, 0.6) is 0 Å². The van der Waals surface area contributed by atoms with Gasteiger partial charge in [0.25, 0.3) is 0 Å². The molecule has 0 radical (unpaired) electrons. The molecule has 0 aromatic heterocycles. The van der Waals surface area contributed by atoms with Gasteiger partial charge in [-0.15, -0.1) is 0 Å². The van der Waals surface area contributed by atoms with Gasteiger partial charge in [0.1, 0.15) is 0 Å². The predicted octanol–water partition coefficient (Wildman–Crippen LogP) is 0.698. The molecule has 0 bridgehead atoms. The van der Waals surface area contributed by atoms with Crippen molar-refractivity contribution in [2.45, 2.75) is 11.8 Å². The zero-order valence-corrected chi connectivity index (χ0v) is 12.3. The minimum Gasteiger partial charge on any atom is -0.469 e. The molecular weight excluding hydrogens is 280 g/mol. The Morgan fingerprint density at radius 1 is 1.40 bits per heavy atom. The van der Waals surface area contributed by atoms with Crippen molar-refractivity contribution >= 4 is 21.7 Å². The van der Waals surface area contributed by atoms with Crippen LogP contribution in [-0.4, -0.2) is 38.9 Å². The minimum absolute atomic E-state index is 0.0710. The van der Waals surface area contributed by atoms with E-state index in [0.717, 1.165) is 0 Å². The SMILES string of the molecule is COC(=O)C1CN(S(=O)(=O)c2cccc(N)c2)CC1C. The molecule has 1 heterocycles. The Hall–Kier alpha value is -1.60. The molecule has 7 heteroatoms. The smallest absolute Gasteiger partial charge is 0.310 e. The molecule has 6 nitrogen and oxygen atoms in total. The van der Waals surface area contributed by atoms with Crippen LogP contribution in [0.1, 0.15) is 6.92 Å². The van der Waals surface area contributed by atoms with Crippen molar-refractivity contribution in [3.05, 3.63) is 24.3 Å². The second kappa shape index (κ2) is 5.41. The number of anilines is 1. The quantitative estimate of drug-likeness (QED) is 0.655. The van der Waals surface area contributed by atoms with Gasteiger partial charge >= 0.3 is 5.97 Å². The molecule has 110 valence electrons. The summed E-state index contributed by atoms with van der Waals surface area (Å²) < 4.78 is 31.0. The molecule has 1 aliphatic rings. The topological polar surface area (TPSA) is 89.7 Å². The Bertz CT molecular complexity index is 615. The summed E-state index contributed by atoms with van der Waals surface area (Å²) in [6.07, 6.45) is 0. The van der Waals surface area contributed by atoms with Gasteiger partial charge in [0.15, 0.2) is 0 Å². The van der Waals surface area contributed by atoms with Gasteiger partial charge in [-0.1, -0.05) is 13.0 Å². The monoisotopic (exact) mass is 298 g/mol. The van der Waals surface area contributed by atoms with E-state index in [-0.39, 0.29) is 23.3 Å². The zero-order valence-electron chi connectivity index (χ0n) is 11.4. The van der Waals surface area contributed by atoms with Crippen LogP contribution in [0.25, 0.3) is 0 Å². The van der Waals surface area contributed by atoms with E-state index >= 15 is 0 Å². The summed E-state index contributed by atoms with van der Waals surface area (Å²) in [6, 6.07) is 6.15. The van der Waals surface area contributed by atoms with Crippen molar-refractivity contribution in [3.8, 4) is 0 Å². The Balaban J connectivity index is 2.26. The van der Waals surface area contributed by atoms with Crippen LogP contribution in [0, 0.1) is 11.8 Å². The highest BCUT2D eigenvalue weighted by molar-refractivity contribution is 7.89. The van der Waals surface area contributed by atoms with Gasteiger partial charge in [0.2, 0.25) is 10.0 Å². The lowest BCUT2D eigenvalue weighted by Gasteiger charge is -2.16. The molecule has 2 rings (SSSR count). The van der Waals surface area contributed by atoms with Gasteiger partial charge in [0, 0.05) is 18.8 Å². The minimum atomic E-state index is -3.62. The van der Waals surface area contributed by atoms with E-state index in [1.807, 2.05) is 6.92 Å². The van der Waals surface area contributed by atoms with Crippen molar-refractivity contribution < 1.29 is 17.9 Å². The lowest BCUT2D eigenvalue weighted by atomic mass is 9.99. The molecule has 2 atom stereocenters. The summed E-state index contributed by atoms with van der Waals surface area (Å²) in [7, 11) is -2.31. The number of esters is 1. The average Bonchev–Trinajstić information content (AvgIpc) is 2.80. The van der Waals surface area contributed by atoms with Gasteiger partial charge in [-0.2, -0.15) is 4.31 Å². The Kier molecular flexibility index (Phi) is 4.01. The van der Waals surface area contributed by atoms with Gasteiger partial charge in [0.05, 0.1) is 17.9 Å². The maximum absolute atomic E-state index is 12.5. The van der Waals surface area contributed by atoms with E-state index in [4.69, 9.17) is 10.5 Å². The fourth-order valence-corrected chi connectivity index (χ4v) is 4.02. The third-order valence-corrected chi connectivity index (χ3v) is 5.41. The van der Waals surface area contributed by atoms with Gasteiger partial charge in [-0.05, 0) is 24.1 Å². The number of methoxy groups -OCH3 is 1. The number of nitrogens with two attached hydrogens (primary N) is 1. The molecule has 20 heavy (non-hydrogen) atoms. The number of hydrogen-bond donors (Lipinski definition) is 1. The van der Waals surface area contributed by atoms with Crippen LogP contribution in [0.2, 0.25) is 0 Å². The number of rotatable bonds is 3. The number of nitrogens with zero attached hydrogens (tertiary/aromatic N) is 1. The average molecular weight is 298 g/mol. The molecule has 1 aromatic carbocycles. The number of hydrogen-bond acceptors (Lipinski definition) is 5. The predicted molar refractivity (Wildman–Crippen MR) is 74.3 cm³/mol.